The fraction of sp³-hybridized carbons (Fsp3) is 0.619. The van der Waals surface area contributed by atoms with Gasteiger partial charge in [0.1, 0.15) is 17.1 Å². The number of ether oxygens (including phenoxy) is 2. The van der Waals surface area contributed by atoms with Crippen molar-refractivity contribution in [1.82, 2.24) is 10.2 Å². The highest BCUT2D eigenvalue weighted by molar-refractivity contribution is 6.00. The predicted molar refractivity (Wildman–Crippen MR) is 101 cm³/mol. The molecule has 2 saturated carbocycles. The molecule has 2 saturated heterocycles. The molecule has 4 aliphatic rings. The van der Waals surface area contributed by atoms with Gasteiger partial charge in [-0.15, -0.1) is 0 Å². The Morgan fingerprint density at radius 2 is 2.10 bits per heavy atom. The van der Waals surface area contributed by atoms with Gasteiger partial charge < -0.3 is 14.8 Å². The molecule has 0 aromatic heterocycles. The van der Waals surface area contributed by atoms with Gasteiger partial charge in [-0.2, -0.15) is 0 Å². The fourth-order valence-corrected chi connectivity index (χ4v) is 4.63. The van der Waals surface area contributed by atoms with Gasteiger partial charge in [0.15, 0.2) is 5.96 Å². The number of amides is 1. The molecule has 2 aliphatic heterocycles. The topological polar surface area (TPSA) is 74.7 Å². The van der Waals surface area contributed by atoms with E-state index in [4.69, 9.17) is 14.9 Å². The van der Waals surface area contributed by atoms with Crippen molar-refractivity contribution in [2.45, 2.75) is 43.2 Å². The van der Waals surface area contributed by atoms with Crippen molar-refractivity contribution in [3.05, 3.63) is 29.6 Å². The van der Waals surface area contributed by atoms with E-state index in [1.807, 2.05) is 0 Å². The van der Waals surface area contributed by atoms with E-state index >= 15 is 4.39 Å². The van der Waals surface area contributed by atoms with Crippen LogP contribution in [0.25, 0.3) is 0 Å². The zero-order chi connectivity index (χ0) is 21.3. The first kappa shape index (κ1) is 19.7. The second-order valence-corrected chi connectivity index (χ2v) is 8.93. The largest absolute Gasteiger partial charge is 0.493 e. The molecule has 1 amide bonds. The molecule has 1 aromatic rings. The van der Waals surface area contributed by atoms with Crippen molar-refractivity contribution in [3.8, 4) is 5.75 Å². The number of alkyl halides is 2. The van der Waals surface area contributed by atoms with Gasteiger partial charge in [-0.05, 0) is 43.4 Å². The first-order valence-corrected chi connectivity index (χ1v) is 10.3. The summed E-state index contributed by atoms with van der Waals surface area (Å²) in [5, 5.41) is 11.2. The lowest BCUT2D eigenvalue weighted by Crippen LogP contribution is -2.69. The number of benzene rings is 1. The molecule has 6 nitrogen and oxygen atoms in total. The summed E-state index contributed by atoms with van der Waals surface area (Å²) in [7, 11) is 1.52. The standard InChI is InChI=1S/C21H24F3N3O3/c1-27-18(28)15-7-17(11-2-3-11)30-10-20(15,26-19(27)25)14-6-13(4-5-16(14)22)29-9-12-8-21(12,23)24/h4-6,11-12,15,17H,2-3,7-10H2,1H3,(H2,25,26)/t12?,15-,17+,20+/m0/s1. The van der Waals surface area contributed by atoms with Crippen LogP contribution >= 0.6 is 0 Å². The molecule has 4 atom stereocenters. The van der Waals surface area contributed by atoms with E-state index in [0.29, 0.717) is 12.3 Å². The number of nitrogens with zero attached hydrogens (tertiary/aromatic N) is 1. The van der Waals surface area contributed by atoms with Crippen LogP contribution in [0.15, 0.2) is 18.2 Å². The van der Waals surface area contributed by atoms with Gasteiger partial charge in [0.05, 0.1) is 31.2 Å². The molecule has 2 heterocycles. The molecule has 2 N–H and O–H groups in total. The highest BCUT2D eigenvalue weighted by atomic mass is 19.3. The van der Waals surface area contributed by atoms with Crippen LogP contribution in [-0.4, -0.2) is 49.1 Å². The van der Waals surface area contributed by atoms with Crippen molar-refractivity contribution in [1.29, 1.82) is 5.41 Å². The molecule has 0 spiro atoms. The number of fused-ring (bicyclic) bond motifs is 1. The van der Waals surface area contributed by atoms with Gasteiger partial charge in [0, 0.05) is 19.0 Å². The van der Waals surface area contributed by atoms with Crippen LogP contribution in [0.2, 0.25) is 0 Å². The van der Waals surface area contributed by atoms with Crippen LogP contribution in [-0.2, 0) is 15.1 Å². The molecular formula is C21H24F3N3O3. The second-order valence-electron chi connectivity index (χ2n) is 8.93. The Hall–Kier alpha value is -2.29. The normalized spacial score (nSPS) is 34.9. The Morgan fingerprint density at radius 1 is 1.37 bits per heavy atom. The maximum Gasteiger partial charge on any atom is 0.255 e. The summed E-state index contributed by atoms with van der Waals surface area (Å²) in [5.41, 5.74) is -1.08. The molecule has 2 aliphatic carbocycles. The number of guanidine groups is 1. The van der Waals surface area contributed by atoms with Gasteiger partial charge in [-0.3, -0.25) is 15.1 Å². The number of rotatable bonds is 5. The molecule has 0 radical (unpaired) electrons. The van der Waals surface area contributed by atoms with Crippen molar-refractivity contribution >= 4 is 11.9 Å². The second kappa shape index (κ2) is 6.60. The summed E-state index contributed by atoms with van der Waals surface area (Å²) in [6.07, 6.45) is 2.28. The van der Waals surface area contributed by atoms with Crippen LogP contribution in [0.5, 0.6) is 5.75 Å². The van der Waals surface area contributed by atoms with Gasteiger partial charge in [0.25, 0.3) is 5.92 Å². The van der Waals surface area contributed by atoms with E-state index in [0.717, 1.165) is 12.8 Å². The van der Waals surface area contributed by atoms with Crippen LogP contribution < -0.4 is 10.1 Å². The maximum absolute atomic E-state index is 15.0. The number of carbonyl (C=O) groups excluding carboxylic acids is 1. The Balaban J connectivity index is 1.47. The molecule has 1 unspecified atom stereocenters. The minimum Gasteiger partial charge on any atom is -0.493 e. The van der Waals surface area contributed by atoms with Crippen LogP contribution in [0.4, 0.5) is 13.2 Å². The summed E-state index contributed by atoms with van der Waals surface area (Å²) in [6.45, 7) is -0.110. The lowest BCUT2D eigenvalue weighted by molar-refractivity contribution is -0.150. The molecule has 0 bridgehead atoms. The highest BCUT2D eigenvalue weighted by Crippen LogP contribution is 2.49. The zero-order valence-electron chi connectivity index (χ0n) is 16.6. The maximum atomic E-state index is 15.0. The van der Waals surface area contributed by atoms with E-state index in [2.05, 4.69) is 5.32 Å². The number of hydrogen-bond acceptors (Lipinski definition) is 4. The van der Waals surface area contributed by atoms with E-state index < -0.39 is 29.1 Å². The average Bonchev–Trinajstić information content (AvgIpc) is 3.63. The van der Waals surface area contributed by atoms with E-state index in [9.17, 15) is 13.6 Å². The predicted octanol–water partition coefficient (Wildman–Crippen LogP) is 2.87. The third-order valence-electron chi connectivity index (χ3n) is 6.87. The zero-order valence-corrected chi connectivity index (χ0v) is 16.6. The Kier molecular flexibility index (Phi) is 4.33. The third-order valence-corrected chi connectivity index (χ3v) is 6.87. The molecule has 30 heavy (non-hydrogen) atoms. The van der Waals surface area contributed by atoms with Crippen molar-refractivity contribution in [2.75, 3.05) is 20.3 Å². The number of halogens is 3. The number of nitrogens with one attached hydrogen (secondary N) is 2. The lowest BCUT2D eigenvalue weighted by atomic mass is 9.71. The SMILES string of the molecule is CN1C(=N)N[C@@]2(c3cc(OCC4CC4(F)F)ccc3F)CO[C@@H](C3CC3)C[C@H]2C1=O. The Bertz CT molecular complexity index is 907. The summed E-state index contributed by atoms with van der Waals surface area (Å²) in [5.74, 6) is -4.40. The lowest BCUT2D eigenvalue weighted by Gasteiger charge is -2.51. The van der Waals surface area contributed by atoms with Crippen LogP contribution in [0.3, 0.4) is 0 Å². The van der Waals surface area contributed by atoms with Crippen molar-refractivity contribution < 1.29 is 27.4 Å². The van der Waals surface area contributed by atoms with Gasteiger partial charge in [-0.1, -0.05) is 0 Å². The minimum atomic E-state index is -2.70. The van der Waals surface area contributed by atoms with Crippen LogP contribution in [0.1, 0.15) is 31.2 Å². The van der Waals surface area contributed by atoms with Gasteiger partial charge >= 0.3 is 0 Å². The van der Waals surface area contributed by atoms with E-state index in [-0.39, 0.29) is 48.9 Å². The summed E-state index contributed by atoms with van der Waals surface area (Å²) in [4.78, 5) is 14.3. The summed E-state index contributed by atoms with van der Waals surface area (Å²) in [6, 6.07) is 4.05. The highest BCUT2D eigenvalue weighted by Gasteiger charge is 2.58. The fourth-order valence-electron chi connectivity index (χ4n) is 4.63. The summed E-state index contributed by atoms with van der Waals surface area (Å²) < 4.78 is 52.9. The summed E-state index contributed by atoms with van der Waals surface area (Å²) >= 11 is 0. The minimum absolute atomic E-state index is 0.0435. The van der Waals surface area contributed by atoms with Crippen molar-refractivity contribution in [2.24, 2.45) is 17.8 Å². The molecule has 1 aromatic carbocycles. The molecule has 5 rings (SSSR count). The van der Waals surface area contributed by atoms with E-state index in [1.165, 1.54) is 30.1 Å². The van der Waals surface area contributed by atoms with Gasteiger partial charge in [0.2, 0.25) is 5.91 Å². The first-order chi connectivity index (χ1) is 14.2. The Labute approximate surface area is 172 Å². The average molecular weight is 423 g/mol. The van der Waals surface area contributed by atoms with Gasteiger partial charge in [-0.25, -0.2) is 13.2 Å². The quantitative estimate of drug-likeness (QED) is 0.764. The van der Waals surface area contributed by atoms with E-state index in [1.54, 1.807) is 0 Å². The number of carbonyl (C=O) groups is 1. The first-order valence-electron chi connectivity index (χ1n) is 10.3. The van der Waals surface area contributed by atoms with Crippen molar-refractivity contribution in [3.63, 3.8) is 0 Å². The molecular weight excluding hydrogens is 399 g/mol. The molecule has 162 valence electrons. The van der Waals surface area contributed by atoms with Crippen LogP contribution in [0, 0.1) is 29.0 Å². The Morgan fingerprint density at radius 3 is 2.77 bits per heavy atom. The number of hydrogen-bond donors (Lipinski definition) is 2. The smallest absolute Gasteiger partial charge is 0.255 e. The molecule has 4 fully saturated rings. The monoisotopic (exact) mass is 423 g/mol. The third kappa shape index (κ3) is 3.14. The molecule has 9 heteroatoms.